The van der Waals surface area contributed by atoms with E-state index >= 15 is 0 Å². The van der Waals surface area contributed by atoms with Gasteiger partial charge in [0.2, 0.25) is 0 Å². The molecular weight excluding hydrogens is 194 g/mol. The molecule has 0 amide bonds. The van der Waals surface area contributed by atoms with Crippen molar-refractivity contribution in [3.63, 3.8) is 0 Å². The molecule has 16 heavy (non-hydrogen) atoms. The summed E-state index contributed by atoms with van der Waals surface area (Å²) in [5.41, 5.74) is 2.84. The molecule has 0 aliphatic carbocycles. The number of hydrogen-bond donors (Lipinski definition) is 0. The Labute approximate surface area is 102 Å². The highest BCUT2D eigenvalue weighted by Crippen LogP contribution is 2.10. The van der Waals surface area contributed by atoms with E-state index in [0.717, 1.165) is 18.9 Å². The fourth-order valence-corrected chi connectivity index (χ4v) is 1.61. The average molecular weight is 223 g/mol. The van der Waals surface area contributed by atoms with Crippen LogP contribution in [-0.2, 0) is 0 Å². The minimum Gasteiger partial charge on any atom is -0.375 e. The Balaban J connectivity index is 4.52. The molecule has 0 heterocycles. The zero-order valence-corrected chi connectivity index (χ0v) is 12.0. The number of nitrogens with zero attached hydrogens (tertiary/aromatic N) is 1. The Bertz CT molecular complexity index is 236. The first kappa shape index (κ1) is 15.3. The summed E-state index contributed by atoms with van der Waals surface area (Å²) in [5, 5.41) is 0. The molecule has 0 rings (SSSR count). The van der Waals surface area contributed by atoms with Crippen molar-refractivity contribution in [2.24, 2.45) is 5.92 Å². The summed E-state index contributed by atoms with van der Waals surface area (Å²) in [6, 6.07) is 0. The van der Waals surface area contributed by atoms with E-state index in [-0.39, 0.29) is 0 Å². The van der Waals surface area contributed by atoms with Crippen LogP contribution in [0, 0.1) is 5.92 Å². The molecule has 0 saturated carbocycles. The molecule has 0 fully saturated rings. The number of rotatable bonds is 7. The largest absolute Gasteiger partial charge is 0.375 e. The van der Waals surface area contributed by atoms with Crippen LogP contribution in [0.15, 0.2) is 23.4 Å². The van der Waals surface area contributed by atoms with E-state index in [9.17, 15) is 0 Å². The van der Waals surface area contributed by atoms with Crippen LogP contribution in [0.25, 0.3) is 0 Å². The first-order valence-corrected chi connectivity index (χ1v) is 6.60. The predicted molar refractivity (Wildman–Crippen MR) is 74.5 cm³/mol. The molecule has 0 atom stereocenters. The topological polar surface area (TPSA) is 3.24 Å². The van der Waals surface area contributed by atoms with Crippen LogP contribution in [0.1, 0.15) is 54.4 Å². The fourth-order valence-electron chi connectivity index (χ4n) is 1.61. The molecule has 0 aliphatic heterocycles. The Hall–Kier alpha value is -0.720. The minimum atomic E-state index is 0.728. The third-order valence-electron chi connectivity index (χ3n) is 2.74. The number of hydrogen-bond acceptors (Lipinski definition) is 1. The molecular formula is C15H29N. The Morgan fingerprint density at radius 1 is 1.12 bits per heavy atom. The lowest BCUT2D eigenvalue weighted by atomic mass is 10.1. The van der Waals surface area contributed by atoms with E-state index in [2.05, 4.69) is 58.6 Å². The van der Waals surface area contributed by atoms with Crippen LogP contribution in [-0.4, -0.2) is 18.0 Å². The van der Waals surface area contributed by atoms with Gasteiger partial charge in [-0.25, -0.2) is 0 Å². The van der Waals surface area contributed by atoms with Crippen LogP contribution in [0.5, 0.6) is 0 Å². The normalized spacial score (nSPS) is 13.4. The third-order valence-corrected chi connectivity index (χ3v) is 2.74. The average Bonchev–Trinajstić information content (AvgIpc) is 2.24. The van der Waals surface area contributed by atoms with Gasteiger partial charge in [0.15, 0.2) is 0 Å². The minimum absolute atomic E-state index is 0.728. The molecule has 94 valence electrons. The van der Waals surface area contributed by atoms with Crippen LogP contribution in [0.4, 0.5) is 0 Å². The molecule has 0 unspecified atom stereocenters. The van der Waals surface area contributed by atoms with E-state index < -0.39 is 0 Å². The third kappa shape index (κ3) is 6.71. The standard InChI is InChI=1S/C15H29N/c1-7-11-16(12-13(3)4)15(6)10-9-14(5)8-2/h9-10,13H,7-8,11-12H2,1-6H3/b14-9-,15-10+. The summed E-state index contributed by atoms with van der Waals surface area (Å²) in [6.07, 6.45) is 6.87. The summed E-state index contributed by atoms with van der Waals surface area (Å²) in [7, 11) is 0. The summed E-state index contributed by atoms with van der Waals surface area (Å²) in [4.78, 5) is 2.49. The molecule has 0 aliphatic rings. The van der Waals surface area contributed by atoms with Gasteiger partial charge in [0.1, 0.15) is 0 Å². The molecule has 0 N–H and O–H groups in total. The molecule has 0 radical (unpaired) electrons. The van der Waals surface area contributed by atoms with Crippen molar-refractivity contribution in [2.45, 2.75) is 54.4 Å². The van der Waals surface area contributed by atoms with E-state index in [4.69, 9.17) is 0 Å². The maximum atomic E-state index is 2.49. The summed E-state index contributed by atoms with van der Waals surface area (Å²) in [6.45, 7) is 15.7. The Kier molecular flexibility index (Phi) is 8.05. The number of allylic oxidation sites excluding steroid dienone is 4. The van der Waals surface area contributed by atoms with Crippen molar-refractivity contribution in [1.29, 1.82) is 0 Å². The molecule has 1 heteroatoms. The van der Waals surface area contributed by atoms with Crippen molar-refractivity contribution >= 4 is 0 Å². The Morgan fingerprint density at radius 2 is 1.75 bits per heavy atom. The monoisotopic (exact) mass is 223 g/mol. The predicted octanol–water partition coefficient (Wildman–Crippen LogP) is 4.61. The first-order valence-electron chi connectivity index (χ1n) is 6.60. The molecule has 0 spiro atoms. The second-order valence-corrected chi connectivity index (χ2v) is 5.01. The lowest BCUT2D eigenvalue weighted by Crippen LogP contribution is -2.26. The van der Waals surface area contributed by atoms with Crippen LogP contribution in [0.3, 0.4) is 0 Å². The molecule has 0 bridgehead atoms. The van der Waals surface area contributed by atoms with Crippen molar-refractivity contribution in [3.8, 4) is 0 Å². The summed E-state index contributed by atoms with van der Waals surface area (Å²) in [5.74, 6) is 0.728. The van der Waals surface area contributed by atoms with Crippen molar-refractivity contribution in [2.75, 3.05) is 13.1 Å². The second-order valence-electron chi connectivity index (χ2n) is 5.01. The maximum Gasteiger partial charge on any atom is 0.0197 e. The van der Waals surface area contributed by atoms with Gasteiger partial charge in [0, 0.05) is 18.8 Å². The van der Waals surface area contributed by atoms with Gasteiger partial charge in [0.05, 0.1) is 0 Å². The molecule has 0 aromatic rings. The lowest BCUT2D eigenvalue weighted by Gasteiger charge is -2.26. The summed E-state index contributed by atoms with van der Waals surface area (Å²) >= 11 is 0. The van der Waals surface area contributed by atoms with Gasteiger partial charge in [-0.05, 0) is 38.7 Å². The molecule has 1 nitrogen and oxygen atoms in total. The zero-order valence-electron chi connectivity index (χ0n) is 12.0. The molecule has 0 aromatic heterocycles. The van der Waals surface area contributed by atoms with Gasteiger partial charge in [-0.1, -0.05) is 39.3 Å². The van der Waals surface area contributed by atoms with Gasteiger partial charge in [0.25, 0.3) is 0 Å². The lowest BCUT2D eigenvalue weighted by molar-refractivity contribution is 0.305. The van der Waals surface area contributed by atoms with Crippen LogP contribution < -0.4 is 0 Å². The van der Waals surface area contributed by atoms with Crippen LogP contribution >= 0.6 is 0 Å². The summed E-state index contributed by atoms with van der Waals surface area (Å²) < 4.78 is 0. The van der Waals surface area contributed by atoms with Gasteiger partial charge < -0.3 is 4.90 Å². The van der Waals surface area contributed by atoms with Gasteiger partial charge in [-0.2, -0.15) is 0 Å². The van der Waals surface area contributed by atoms with Crippen molar-refractivity contribution in [1.82, 2.24) is 4.90 Å². The smallest absolute Gasteiger partial charge is 0.0197 e. The second kappa shape index (κ2) is 8.43. The van der Waals surface area contributed by atoms with Gasteiger partial charge in [-0.3, -0.25) is 0 Å². The first-order chi connectivity index (χ1) is 7.51. The van der Waals surface area contributed by atoms with Crippen LogP contribution in [0.2, 0.25) is 0 Å². The molecule has 0 aromatic carbocycles. The highest BCUT2D eigenvalue weighted by Gasteiger charge is 2.05. The molecule has 0 saturated heterocycles. The fraction of sp³-hybridized carbons (Fsp3) is 0.733. The Morgan fingerprint density at radius 3 is 2.19 bits per heavy atom. The highest BCUT2D eigenvalue weighted by atomic mass is 15.1. The van der Waals surface area contributed by atoms with E-state index in [1.54, 1.807) is 0 Å². The van der Waals surface area contributed by atoms with Gasteiger partial charge >= 0.3 is 0 Å². The quantitative estimate of drug-likeness (QED) is 0.569. The van der Waals surface area contributed by atoms with Gasteiger partial charge in [-0.15, -0.1) is 0 Å². The zero-order chi connectivity index (χ0) is 12.6. The maximum absolute atomic E-state index is 2.49. The van der Waals surface area contributed by atoms with Crippen molar-refractivity contribution in [3.05, 3.63) is 23.4 Å². The van der Waals surface area contributed by atoms with E-state index in [1.165, 1.54) is 24.2 Å². The van der Waals surface area contributed by atoms with E-state index in [1.807, 2.05) is 0 Å². The van der Waals surface area contributed by atoms with Crippen molar-refractivity contribution < 1.29 is 0 Å². The highest BCUT2D eigenvalue weighted by molar-refractivity contribution is 5.14. The van der Waals surface area contributed by atoms with E-state index in [0.29, 0.717) is 0 Å². The SMILES string of the molecule is CCCN(CC(C)C)/C(C)=C/C=C(/C)CC.